The van der Waals surface area contributed by atoms with E-state index in [1.807, 2.05) is 0 Å². The first-order valence-corrected chi connectivity index (χ1v) is 6.08. The minimum absolute atomic E-state index is 0.636. The van der Waals surface area contributed by atoms with Crippen LogP contribution in [0.2, 0.25) is 0 Å². The fourth-order valence-electron chi connectivity index (χ4n) is 2.62. The van der Waals surface area contributed by atoms with E-state index < -0.39 is 0 Å². The van der Waals surface area contributed by atoms with Crippen LogP contribution in [0.4, 0.5) is 0 Å². The van der Waals surface area contributed by atoms with Crippen LogP contribution in [-0.4, -0.2) is 21.3 Å². The Hall–Kier alpha value is -0.900. The quantitative estimate of drug-likeness (QED) is 0.756. The predicted octanol–water partition coefficient (Wildman–Crippen LogP) is 1.43. The molecule has 1 fully saturated rings. The lowest BCUT2D eigenvalue weighted by Crippen LogP contribution is -2.28. The minimum Gasteiger partial charge on any atom is -0.308 e. The largest absolute Gasteiger partial charge is 0.308 e. The zero-order chi connectivity index (χ0) is 10.1. The van der Waals surface area contributed by atoms with Gasteiger partial charge in [-0.2, -0.15) is 5.10 Å². The van der Waals surface area contributed by atoms with Gasteiger partial charge in [0.15, 0.2) is 5.82 Å². The third kappa shape index (κ3) is 1.78. The Morgan fingerprint density at radius 1 is 1.20 bits per heavy atom. The SMILES string of the molecule is C1CCC(c2nc3n(n2)CCNC3)CC1. The Balaban J connectivity index is 1.82. The maximum atomic E-state index is 4.66. The molecule has 1 aromatic rings. The fraction of sp³-hybridized carbons (Fsp3) is 0.818. The van der Waals surface area contributed by atoms with Crippen LogP contribution in [0.3, 0.4) is 0 Å². The Morgan fingerprint density at radius 3 is 2.87 bits per heavy atom. The predicted molar refractivity (Wildman–Crippen MR) is 57.6 cm³/mol. The summed E-state index contributed by atoms with van der Waals surface area (Å²) in [5.74, 6) is 2.87. The van der Waals surface area contributed by atoms with E-state index in [0.717, 1.165) is 31.3 Å². The number of nitrogens with zero attached hydrogens (tertiary/aromatic N) is 3. The summed E-state index contributed by atoms with van der Waals surface area (Å²) in [6.45, 7) is 2.90. The van der Waals surface area contributed by atoms with Gasteiger partial charge in [-0.1, -0.05) is 19.3 Å². The summed E-state index contributed by atoms with van der Waals surface area (Å²) in [6.07, 6.45) is 6.68. The van der Waals surface area contributed by atoms with Crippen LogP contribution in [0, 0.1) is 0 Å². The minimum atomic E-state index is 0.636. The second kappa shape index (κ2) is 3.93. The van der Waals surface area contributed by atoms with Crippen LogP contribution in [-0.2, 0) is 13.1 Å². The van der Waals surface area contributed by atoms with E-state index >= 15 is 0 Å². The molecule has 0 unspecified atom stereocenters. The van der Waals surface area contributed by atoms with Gasteiger partial charge in [-0.05, 0) is 12.8 Å². The van der Waals surface area contributed by atoms with Crippen LogP contribution in [0.15, 0.2) is 0 Å². The molecule has 0 spiro atoms. The fourth-order valence-corrected chi connectivity index (χ4v) is 2.62. The third-order valence-corrected chi connectivity index (χ3v) is 3.52. The second-order valence-corrected chi connectivity index (χ2v) is 4.62. The van der Waals surface area contributed by atoms with E-state index in [1.54, 1.807) is 0 Å². The highest BCUT2D eigenvalue weighted by molar-refractivity contribution is 5.01. The summed E-state index contributed by atoms with van der Waals surface area (Å²) in [5, 5.41) is 7.97. The van der Waals surface area contributed by atoms with Crippen molar-refractivity contribution in [3.05, 3.63) is 11.6 Å². The Bertz CT molecular complexity index is 315. The van der Waals surface area contributed by atoms with E-state index in [2.05, 4.69) is 20.1 Å². The number of hydrogen-bond donors (Lipinski definition) is 1. The van der Waals surface area contributed by atoms with E-state index in [-0.39, 0.29) is 0 Å². The van der Waals surface area contributed by atoms with E-state index in [9.17, 15) is 0 Å². The first-order chi connectivity index (χ1) is 7.43. The molecule has 0 atom stereocenters. The molecule has 4 heteroatoms. The number of rotatable bonds is 1. The van der Waals surface area contributed by atoms with E-state index in [4.69, 9.17) is 0 Å². The Kier molecular flexibility index (Phi) is 2.44. The molecule has 1 aliphatic carbocycles. The normalized spacial score (nSPS) is 22.7. The Morgan fingerprint density at radius 2 is 2.07 bits per heavy atom. The van der Waals surface area contributed by atoms with Crippen LogP contribution in [0.25, 0.3) is 0 Å². The first-order valence-electron chi connectivity index (χ1n) is 6.08. The molecule has 3 rings (SSSR count). The van der Waals surface area contributed by atoms with Gasteiger partial charge in [-0.3, -0.25) is 0 Å². The molecule has 1 saturated carbocycles. The van der Waals surface area contributed by atoms with Crippen molar-refractivity contribution in [2.75, 3.05) is 6.54 Å². The summed E-state index contributed by atoms with van der Waals surface area (Å²) in [4.78, 5) is 4.66. The van der Waals surface area contributed by atoms with Gasteiger partial charge >= 0.3 is 0 Å². The lowest BCUT2D eigenvalue weighted by Gasteiger charge is -2.18. The molecule has 0 aromatic carbocycles. The van der Waals surface area contributed by atoms with Gasteiger partial charge in [0.25, 0.3) is 0 Å². The molecule has 1 aromatic heterocycles. The lowest BCUT2D eigenvalue weighted by atomic mass is 9.89. The highest BCUT2D eigenvalue weighted by Gasteiger charge is 2.22. The average Bonchev–Trinajstić information content (AvgIpc) is 2.74. The number of aromatic nitrogens is 3. The second-order valence-electron chi connectivity index (χ2n) is 4.62. The summed E-state index contributed by atoms with van der Waals surface area (Å²) in [7, 11) is 0. The molecular weight excluding hydrogens is 188 g/mol. The molecule has 4 nitrogen and oxygen atoms in total. The molecular formula is C11H18N4. The van der Waals surface area contributed by atoms with Crippen molar-refractivity contribution in [3.63, 3.8) is 0 Å². The molecule has 82 valence electrons. The van der Waals surface area contributed by atoms with Crippen molar-refractivity contribution in [3.8, 4) is 0 Å². The molecule has 0 amide bonds. The van der Waals surface area contributed by atoms with Crippen molar-refractivity contribution in [2.24, 2.45) is 0 Å². The summed E-state index contributed by atoms with van der Waals surface area (Å²) in [6, 6.07) is 0. The maximum absolute atomic E-state index is 4.66. The highest BCUT2D eigenvalue weighted by Crippen LogP contribution is 2.30. The Labute approximate surface area is 90.1 Å². The highest BCUT2D eigenvalue weighted by atomic mass is 15.4. The zero-order valence-electron chi connectivity index (χ0n) is 9.08. The van der Waals surface area contributed by atoms with Gasteiger partial charge in [-0.15, -0.1) is 0 Å². The smallest absolute Gasteiger partial charge is 0.154 e. The topological polar surface area (TPSA) is 42.7 Å². The third-order valence-electron chi connectivity index (χ3n) is 3.52. The van der Waals surface area contributed by atoms with Crippen molar-refractivity contribution < 1.29 is 0 Å². The van der Waals surface area contributed by atoms with Crippen molar-refractivity contribution in [1.82, 2.24) is 20.1 Å². The van der Waals surface area contributed by atoms with Crippen LogP contribution in [0.5, 0.6) is 0 Å². The van der Waals surface area contributed by atoms with Gasteiger partial charge in [0.1, 0.15) is 5.82 Å². The maximum Gasteiger partial charge on any atom is 0.154 e. The molecule has 2 heterocycles. The van der Waals surface area contributed by atoms with Gasteiger partial charge in [0.2, 0.25) is 0 Å². The first kappa shape index (κ1) is 9.33. The monoisotopic (exact) mass is 206 g/mol. The van der Waals surface area contributed by atoms with Gasteiger partial charge in [0, 0.05) is 12.5 Å². The summed E-state index contributed by atoms with van der Waals surface area (Å²) < 4.78 is 2.08. The molecule has 1 N–H and O–H groups in total. The van der Waals surface area contributed by atoms with Crippen LogP contribution in [0.1, 0.15) is 49.7 Å². The zero-order valence-corrected chi connectivity index (χ0v) is 9.08. The summed E-state index contributed by atoms with van der Waals surface area (Å²) in [5.41, 5.74) is 0. The van der Waals surface area contributed by atoms with Crippen LogP contribution < -0.4 is 5.32 Å². The van der Waals surface area contributed by atoms with Crippen LogP contribution >= 0.6 is 0 Å². The molecule has 1 aliphatic heterocycles. The molecule has 2 aliphatic rings. The van der Waals surface area contributed by atoms with Crippen molar-refractivity contribution in [2.45, 2.75) is 51.1 Å². The van der Waals surface area contributed by atoms with Crippen molar-refractivity contribution >= 4 is 0 Å². The average molecular weight is 206 g/mol. The number of nitrogens with one attached hydrogen (secondary N) is 1. The van der Waals surface area contributed by atoms with E-state index in [1.165, 1.54) is 32.1 Å². The van der Waals surface area contributed by atoms with Gasteiger partial charge in [-0.25, -0.2) is 9.67 Å². The standard InChI is InChI=1S/C11H18N4/c1-2-4-9(5-3-1)11-13-10-8-12-6-7-15(10)14-11/h9,12H,1-8H2. The number of hydrogen-bond acceptors (Lipinski definition) is 3. The number of fused-ring (bicyclic) bond motifs is 1. The molecule has 0 bridgehead atoms. The molecule has 0 saturated heterocycles. The van der Waals surface area contributed by atoms with E-state index in [0.29, 0.717) is 5.92 Å². The lowest BCUT2D eigenvalue weighted by molar-refractivity contribution is 0.423. The van der Waals surface area contributed by atoms with Crippen molar-refractivity contribution in [1.29, 1.82) is 0 Å². The van der Waals surface area contributed by atoms with Gasteiger partial charge in [0.05, 0.1) is 13.1 Å². The molecule has 15 heavy (non-hydrogen) atoms. The summed E-state index contributed by atoms with van der Waals surface area (Å²) >= 11 is 0. The molecule has 0 radical (unpaired) electrons. The van der Waals surface area contributed by atoms with Gasteiger partial charge < -0.3 is 5.32 Å².